The van der Waals surface area contributed by atoms with E-state index in [0.29, 0.717) is 18.4 Å². The van der Waals surface area contributed by atoms with E-state index in [0.717, 1.165) is 41.5 Å². The molecule has 0 spiro atoms. The topological polar surface area (TPSA) is 71.5 Å². The van der Waals surface area contributed by atoms with Crippen LogP contribution in [0, 0.1) is 0 Å². The molecule has 9 heteroatoms. The Morgan fingerprint density at radius 2 is 1.77 bits per heavy atom. The third-order valence-electron chi connectivity index (χ3n) is 4.61. The SMILES string of the molecule is O=C1CC2=C(CCCC2)C(=O)N1Cc1cccc(S(=O)(=O)C(F)(F)F)c1. The number of hydrogen-bond acceptors (Lipinski definition) is 4. The molecule has 1 heterocycles. The first kappa shape index (κ1) is 18.6. The first-order valence-corrected chi connectivity index (χ1v) is 9.55. The summed E-state index contributed by atoms with van der Waals surface area (Å²) in [7, 11) is -5.48. The number of hydrogen-bond donors (Lipinski definition) is 0. The molecule has 0 saturated carbocycles. The van der Waals surface area contributed by atoms with Crippen LogP contribution in [-0.2, 0) is 26.0 Å². The standard InChI is InChI=1S/C17H16F3NO4S/c18-17(19,20)26(24,25)13-6-3-4-11(8-13)10-21-15(22)9-12-5-1-2-7-14(12)16(21)23/h3-4,6,8H,1-2,5,7,9-10H2. The minimum atomic E-state index is -5.48. The second kappa shape index (κ2) is 6.53. The zero-order valence-corrected chi connectivity index (χ0v) is 14.5. The van der Waals surface area contributed by atoms with Crippen LogP contribution in [0.2, 0.25) is 0 Å². The predicted molar refractivity (Wildman–Crippen MR) is 85.4 cm³/mol. The third kappa shape index (κ3) is 3.27. The van der Waals surface area contributed by atoms with Crippen LogP contribution in [0.4, 0.5) is 13.2 Å². The summed E-state index contributed by atoms with van der Waals surface area (Å²) in [4.78, 5) is 24.9. The lowest BCUT2D eigenvalue weighted by Gasteiger charge is -2.31. The highest BCUT2D eigenvalue weighted by atomic mass is 32.2. The molecule has 0 saturated heterocycles. The van der Waals surface area contributed by atoms with Crippen LogP contribution in [0.5, 0.6) is 0 Å². The molecule has 1 aliphatic carbocycles. The van der Waals surface area contributed by atoms with Crippen molar-refractivity contribution in [3.63, 3.8) is 0 Å². The monoisotopic (exact) mass is 387 g/mol. The molecule has 0 bridgehead atoms. The third-order valence-corrected chi connectivity index (χ3v) is 6.09. The number of amides is 2. The van der Waals surface area contributed by atoms with Crippen molar-refractivity contribution in [3.05, 3.63) is 41.0 Å². The molecule has 1 aromatic carbocycles. The van der Waals surface area contributed by atoms with Crippen molar-refractivity contribution < 1.29 is 31.2 Å². The van der Waals surface area contributed by atoms with Gasteiger partial charge in [0.25, 0.3) is 15.7 Å². The lowest BCUT2D eigenvalue weighted by Crippen LogP contribution is -2.41. The van der Waals surface area contributed by atoms with Gasteiger partial charge in [-0.1, -0.05) is 17.7 Å². The molecule has 1 aromatic rings. The first-order chi connectivity index (χ1) is 12.1. The molecule has 2 aliphatic rings. The predicted octanol–water partition coefficient (Wildman–Crippen LogP) is 3.11. The van der Waals surface area contributed by atoms with Crippen molar-refractivity contribution in [1.82, 2.24) is 4.90 Å². The number of nitrogens with zero attached hydrogens (tertiary/aromatic N) is 1. The number of sulfone groups is 1. The normalized spacial score (nSPS) is 19.0. The average molecular weight is 387 g/mol. The highest BCUT2D eigenvalue weighted by molar-refractivity contribution is 7.92. The van der Waals surface area contributed by atoms with Gasteiger partial charge < -0.3 is 0 Å². The van der Waals surface area contributed by atoms with Crippen LogP contribution in [0.25, 0.3) is 0 Å². The van der Waals surface area contributed by atoms with Gasteiger partial charge in [-0.3, -0.25) is 14.5 Å². The maximum absolute atomic E-state index is 12.7. The Kier molecular flexibility index (Phi) is 4.68. The van der Waals surface area contributed by atoms with E-state index < -0.39 is 32.1 Å². The molecule has 26 heavy (non-hydrogen) atoms. The van der Waals surface area contributed by atoms with Gasteiger partial charge in [0.1, 0.15) is 0 Å². The zero-order chi connectivity index (χ0) is 19.1. The molecule has 0 unspecified atom stereocenters. The summed E-state index contributed by atoms with van der Waals surface area (Å²) < 4.78 is 61.2. The number of imide groups is 1. The molecule has 0 radical (unpaired) electrons. The fourth-order valence-corrected chi connectivity index (χ4v) is 4.09. The Labute approximate surface area is 148 Å². The van der Waals surface area contributed by atoms with Crippen LogP contribution in [0.15, 0.2) is 40.3 Å². The van der Waals surface area contributed by atoms with E-state index in [-0.39, 0.29) is 18.5 Å². The Bertz CT molecular complexity index is 903. The summed E-state index contributed by atoms with van der Waals surface area (Å²) in [5.41, 5.74) is -3.81. The highest BCUT2D eigenvalue weighted by Gasteiger charge is 2.47. The number of alkyl halides is 3. The second-order valence-corrected chi connectivity index (χ2v) is 8.29. The van der Waals surface area contributed by atoms with Crippen LogP contribution in [0.1, 0.15) is 37.7 Å². The lowest BCUT2D eigenvalue weighted by molar-refractivity contribution is -0.144. The summed E-state index contributed by atoms with van der Waals surface area (Å²) in [6, 6.07) is 4.25. The van der Waals surface area contributed by atoms with Gasteiger partial charge in [-0.15, -0.1) is 0 Å². The van der Waals surface area contributed by atoms with Gasteiger partial charge >= 0.3 is 5.51 Å². The average Bonchev–Trinajstić information content (AvgIpc) is 2.58. The van der Waals surface area contributed by atoms with Gasteiger partial charge in [0, 0.05) is 12.0 Å². The second-order valence-electron chi connectivity index (χ2n) is 6.35. The summed E-state index contributed by atoms with van der Waals surface area (Å²) in [6.07, 6.45) is 3.20. The van der Waals surface area contributed by atoms with Gasteiger partial charge in [-0.05, 0) is 43.4 Å². The number of rotatable bonds is 3. The van der Waals surface area contributed by atoms with Crippen molar-refractivity contribution in [2.75, 3.05) is 0 Å². The molecular weight excluding hydrogens is 371 g/mol. The summed E-state index contributed by atoms with van der Waals surface area (Å²) >= 11 is 0. The Hall–Kier alpha value is -2.16. The van der Waals surface area contributed by atoms with E-state index >= 15 is 0 Å². The van der Waals surface area contributed by atoms with Gasteiger partial charge in [-0.2, -0.15) is 13.2 Å². The molecule has 1 aliphatic heterocycles. The zero-order valence-electron chi connectivity index (χ0n) is 13.7. The molecule has 140 valence electrons. The van der Waals surface area contributed by atoms with E-state index in [1.807, 2.05) is 0 Å². The van der Waals surface area contributed by atoms with Crippen molar-refractivity contribution in [3.8, 4) is 0 Å². The van der Waals surface area contributed by atoms with Crippen molar-refractivity contribution in [1.29, 1.82) is 0 Å². The Morgan fingerprint density at radius 1 is 1.08 bits per heavy atom. The molecule has 0 atom stereocenters. The van der Waals surface area contributed by atoms with Crippen molar-refractivity contribution in [2.45, 2.75) is 49.1 Å². The van der Waals surface area contributed by atoms with Crippen LogP contribution >= 0.6 is 0 Å². The first-order valence-electron chi connectivity index (χ1n) is 8.07. The summed E-state index contributed by atoms with van der Waals surface area (Å²) in [5, 5.41) is 0. The lowest BCUT2D eigenvalue weighted by atomic mass is 9.86. The number of carbonyl (C=O) groups is 2. The van der Waals surface area contributed by atoms with Gasteiger partial charge in [0.05, 0.1) is 11.4 Å². The van der Waals surface area contributed by atoms with Gasteiger partial charge in [0.15, 0.2) is 0 Å². The van der Waals surface area contributed by atoms with Crippen molar-refractivity contribution >= 4 is 21.7 Å². The molecule has 0 aromatic heterocycles. The summed E-state index contributed by atoms with van der Waals surface area (Å²) in [5.74, 6) is -0.847. The molecule has 0 fully saturated rings. The van der Waals surface area contributed by atoms with Crippen LogP contribution in [-0.4, -0.2) is 30.6 Å². The van der Waals surface area contributed by atoms with Crippen molar-refractivity contribution in [2.24, 2.45) is 0 Å². The smallest absolute Gasteiger partial charge is 0.274 e. The largest absolute Gasteiger partial charge is 0.501 e. The Balaban J connectivity index is 1.88. The molecule has 0 N–H and O–H groups in total. The summed E-state index contributed by atoms with van der Waals surface area (Å²) in [6.45, 7) is -0.254. The van der Waals surface area contributed by atoms with Gasteiger partial charge in [-0.25, -0.2) is 8.42 Å². The van der Waals surface area contributed by atoms with E-state index in [1.165, 1.54) is 6.07 Å². The number of benzene rings is 1. The number of carbonyl (C=O) groups excluding carboxylic acids is 2. The van der Waals surface area contributed by atoms with Gasteiger partial charge in [0.2, 0.25) is 5.91 Å². The van der Waals surface area contributed by atoms with E-state index in [1.54, 1.807) is 0 Å². The van der Waals surface area contributed by atoms with Crippen LogP contribution < -0.4 is 0 Å². The quantitative estimate of drug-likeness (QED) is 0.747. The maximum atomic E-state index is 12.7. The van der Waals surface area contributed by atoms with E-state index in [2.05, 4.69) is 0 Å². The maximum Gasteiger partial charge on any atom is 0.501 e. The highest BCUT2D eigenvalue weighted by Crippen LogP contribution is 2.34. The minimum absolute atomic E-state index is 0.127. The minimum Gasteiger partial charge on any atom is -0.274 e. The fourth-order valence-electron chi connectivity index (χ4n) is 3.26. The molecule has 2 amide bonds. The number of halogens is 3. The fraction of sp³-hybridized carbons (Fsp3) is 0.412. The Morgan fingerprint density at radius 3 is 2.46 bits per heavy atom. The van der Waals surface area contributed by atoms with E-state index in [9.17, 15) is 31.2 Å². The van der Waals surface area contributed by atoms with E-state index in [4.69, 9.17) is 0 Å². The molecule has 5 nitrogen and oxygen atoms in total. The molecular formula is C17H16F3NO4S. The molecule has 3 rings (SSSR count). The van der Waals surface area contributed by atoms with Crippen LogP contribution in [0.3, 0.4) is 0 Å².